The van der Waals surface area contributed by atoms with Crippen LogP contribution in [0.4, 0.5) is 4.39 Å². The quantitative estimate of drug-likeness (QED) is 0.850. The van der Waals surface area contributed by atoms with Gasteiger partial charge in [0.15, 0.2) is 0 Å². The van der Waals surface area contributed by atoms with Crippen LogP contribution >= 0.6 is 0 Å². The fraction of sp³-hybridized carbons (Fsp3) is 0.538. The van der Waals surface area contributed by atoms with Gasteiger partial charge in [-0.2, -0.15) is 0 Å². The monoisotopic (exact) mass is 223 g/mol. The number of hydrogen-bond acceptors (Lipinski definition) is 2. The Bertz CT molecular complexity index is 386. The smallest absolute Gasteiger partial charge is 0.128 e. The number of methoxy groups -OCH3 is 1. The Balaban J connectivity index is 2.33. The third-order valence-electron chi connectivity index (χ3n) is 3.58. The van der Waals surface area contributed by atoms with E-state index in [1.54, 1.807) is 7.11 Å². The Kier molecular flexibility index (Phi) is 3.00. The molecule has 1 aromatic carbocycles. The average molecular weight is 223 g/mol. The number of benzene rings is 1. The van der Waals surface area contributed by atoms with Gasteiger partial charge in [-0.15, -0.1) is 0 Å². The number of halogens is 1. The number of hydrogen-bond donors (Lipinski definition) is 1. The van der Waals surface area contributed by atoms with Crippen LogP contribution in [-0.2, 0) is 16.8 Å². The topological polar surface area (TPSA) is 35.2 Å². The molecule has 2 N–H and O–H groups in total. The van der Waals surface area contributed by atoms with Crippen LogP contribution in [-0.4, -0.2) is 13.2 Å². The predicted molar refractivity (Wildman–Crippen MR) is 61.7 cm³/mol. The van der Waals surface area contributed by atoms with Crippen molar-refractivity contribution in [1.29, 1.82) is 0 Å². The summed E-state index contributed by atoms with van der Waals surface area (Å²) in [4.78, 5) is 0. The zero-order chi connectivity index (χ0) is 11.8. The van der Waals surface area contributed by atoms with E-state index < -0.39 is 0 Å². The van der Waals surface area contributed by atoms with Gasteiger partial charge < -0.3 is 10.5 Å². The van der Waals surface area contributed by atoms with Crippen molar-refractivity contribution in [2.45, 2.75) is 37.8 Å². The summed E-state index contributed by atoms with van der Waals surface area (Å²) in [5, 5.41) is 0. The van der Waals surface area contributed by atoms with E-state index >= 15 is 0 Å². The summed E-state index contributed by atoms with van der Waals surface area (Å²) in [5.41, 5.74) is 7.85. The molecule has 3 heteroatoms. The zero-order valence-electron chi connectivity index (χ0n) is 9.79. The minimum Gasteiger partial charge on any atom is -0.380 e. The molecule has 1 atom stereocenters. The number of ether oxygens (including phenoxy) is 1. The van der Waals surface area contributed by atoms with E-state index in [9.17, 15) is 4.39 Å². The molecule has 1 unspecified atom stereocenters. The maximum absolute atomic E-state index is 13.5. The van der Waals surface area contributed by atoms with Gasteiger partial charge in [-0.3, -0.25) is 0 Å². The molecule has 1 aromatic rings. The molecule has 2 rings (SSSR count). The summed E-state index contributed by atoms with van der Waals surface area (Å²) in [6.45, 7) is 2.33. The van der Waals surface area contributed by atoms with Crippen LogP contribution in [0.25, 0.3) is 0 Å². The fourth-order valence-electron chi connectivity index (χ4n) is 2.29. The first-order valence-corrected chi connectivity index (χ1v) is 5.63. The Morgan fingerprint density at radius 2 is 2.19 bits per heavy atom. The molecule has 1 aliphatic carbocycles. The second kappa shape index (κ2) is 4.15. The van der Waals surface area contributed by atoms with Crippen molar-refractivity contribution in [3.8, 4) is 0 Å². The molecule has 1 fully saturated rings. The molecule has 1 aliphatic rings. The van der Waals surface area contributed by atoms with Crippen LogP contribution in [0.5, 0.6) is 0 Å². The Morgan fingerprint density at radius 1 is 1.50 bits per heavy atom. The highest BCUT2D eigenvalue weighted by Gasteiger charge is 2.47. The lowest BCUT2D eigenvalue weighted by molar-refractivity contribution is 0.181. The summed E-state index contributed by atoms with van der Waals surface area (Å²) in [6, 6.07) is 5.39. The van der Waals surface area contributed by atoms with Gasteiger partial charge in [0.1, 0.15) is 5.82 Å². The second-order valence-corrected chi connectivity index (χ2v) is 4.68. The first kappa shape index (κ1) is 11.6. The molecule has 1 saturated carbocycles. The first-order valence-electron chi connectivity index (χ1n) is 5.63. The first-order chi connectivity index (χ1) is 7.60. The van der Waals surface area contributed by atoms with Crippen molar-refractivity contribution < 1.29 is 9.13 Å². The van der Waals surface area contributed by atoms with Crippen molar-refractivity contribution in [2.75, 3.05) is 7.11 Å². The lowest BCUT2D eigenvalue weighted by Gasteiger charge is -2.21. The van der Waals surface area contributed by atoms with Crippen LogP contribution in [0.2, 0.25) is 0 Å². The highest BCUT2D eigenvalue weighted by Crippen LogP contribution is 2.50. The highest BCUT2D eigenvalue weighted by molar-refractivity contribution is 5.37. The van der Waals surface area contributed by atoms with Crippen molar-refractivity contribution in [1.82, 2.24) is 0 Å². The van der Waals surface area contributed by atoms with Gasteiger partial charge in [-0.05, 0) is 37.5 Å². The third kappa shape index (κ3) is 1.85. The lowest BCUT2D eigenvalue weighted by Crippen LogP contribution is -2.31. The van der Waals surface area contributed by atoms with E-state index in [0.717, 1.165) is 18.4 Å². The lowest BCUT2D eigenvalue weighted by atomic mass is 9.88. The normalized spacial score (nSPS) is 19.5. The van der Waals surface area contributed by atoms with Crippen LogP contribution in [0.3, 0.4) is 0 Å². The number of nitrogens with two attached hydrogens (primary N) is 1. The molecule has 0 aliphatic heterocycles. The number of rotatable bonds is 4. The molecule has 0 bridgehead atoms. The van der Waals surface area contributed by atoms with Crippen molar-refractivity contribution in [2.24, 2.45) is 5.73 Å². The molecular formula is C13H18FNO. The average Bonchev–Trinajstić information content (AvgIpc) is 3.02. The molecule has 2 nitrogen and oxygen atoms in total. The summed E-state index contributed by atoms with van der Waals surface area (Å²) >= 11 is 0. The van der Waals surface area contributed by atoms with Crippen LogP contribution in [0, 0.1) is 5.82 Å². The molecule has 0 aromatic heterocycles. The van der Waals surface area contributed by atoms with E-state index in [1.165, 1.54) is 6.07 Å². The SMILES string of the molecule is COCc1cc(C2(C(C)N)CC2)ccc1F. The summed E-state index contributed by atoms with van der Waals surface area (Å²) in [5.74, 6) is -0.203. The van der Waals surface area contributed by atoms with Gasteiger partial charge in [0.2, 0.25) is 0 Å². The largest absolute Gasteiger partial charge is 0.380 e. The minimum absolute atomic E-state index is 0.0796. The van der Waals surface area contributed by atoms with Gasteiger partial charge in [0.25, 0.3) is 0 Å². The van der Waals surface area contributed by atoms with Gasteiger partial charge in [0, 0.05) is 24.1 Å². The van der Waals surface area contributed by atoms with Crippen molar-refractivity contribution in [3.63, 3.8) is 0 Å². The maximum Gasteiger partial charge on any atom is 0.128 e. The van der Waals surface area contributed by atoms with Crippen LogP contribution < -0.4 is 5.73 Å². The van der Waals surface area contributed by atoms with E-state index in [1.807, 2.05) is 19.1 Å². The van der Waals surface area contributed by atoms with Gasteiger partial charge >= 0.3 is 0 Å². The van der Waals surface area contributed by atoms with Gasteiger partial charge in [-0.1, -0.05) is 6.07 Å². The predicted octanol–water partition coefficient (Wildman–Crippen LogP) is 2.35. The highest BCUT2D eigenvalue weighted by atomic mass is 19.1. The summed E-state index contributed by atoms with van der Waals surface area (Å²) < 4.78 is 18.4. The molecule has 0 spiro atoms. The molecule has 0 radical (unpaired) electrons. The van der Waals surface area contributed by atoms with Crippen molar-refractivity contribution >= 4 is 0 Å². The second-order valence-electron chi connectivity index (χ2n) is 4.68. The van der Waals surface area contributed by atoms with E-state index in [-0.39, 0.29) is 17.3 Å². The van der Waals surface area contributed by atoms with Crippen molar-refractivity contribution in [3.05, 3.63) is 35.1 Å². The molecular weight excluding hydrogens is 205 g/mol. The van der Waals surface area contributed by atoms with Gasteiger partial charge in [0.05, 0.1) is 6.61 Å². The molecule has 0 saturated heterocycles. The summed E-state index contributed by atoms with van der Waals surface area (Å²) in [6.07, 6.45) is 2.20. The maximum atomic E-state index is 13.5. The molecule has 88 valence electrons. The molecule has 0 amide bonds. The molecule has 16 heavy (non-hydrogen) atoms. The Labute approximate surface area is 95.6 Å². The van der Waals surface area contributed by atoms with Gasteiger partial charge in [-0.25, -0.2) is 4.39 Å². The van der Waals surface area contributed by atoms with E-state index in [0.29, 0.717) is 12.2 Å². The summed E-state index contributed by atoms with van der Waals surface area (Å²) in [7, 11) is 1.57. The standard InChI is InChI=1S/C13H18FNO/c1-9(15)13(5-6-13)11-3-4-12(14)10(7-11)8-16-2/h3-4,7,9H,5-6,8,15H2,1-2H3. The zero-order valence-corrected chi connectivity index (χ0v) is 9.79. The third-order valence-corrected chi connectivity index (χ3v) is 3.58. The van der Waals surface area contributed by atoms with E-state index in [4.69, 9.17) is 10.5 Å². The van der Waals surface area contributed by atoms with E-state index in [2.05, 4.69) is 0 Å². The molecule has 0 heterocycles. The van der Waals surface area contributed by atoms with Crippen LogP contribution in [0.15, 0.2) is 18.2 Å². The van der Waals surface area contributed by atoms with Crippen LogP contribution in [0.1, 0.15) is 30.9 Å². The minimum atomic E-state index is -0.203. The fourth-order valence-corrected chi connectivity index (χ4v) is 2.29. The Morgan fingerprint density at radius 3 is 2.69 bits per heavy atom. The Hall–Kier alpha value is -0.930.